The molecule has 4 N–H and O–H groups in total. The van der Waals surface area contributed by atoms with Crippen LogP contribution in [0.25, 0.3) is 0 Å². The molecule has 0 aromatic heterocycles. The average molecular weight is 285 g/mol. The quantitative estimate of drug-likeness (QED) is 0.316. The third kappa shape index (κ3) is 2.55. The van der Waals surface area contributed by atoms with Crippen molar-refractivity contribution in [2.24, 2.45) is 22.2 Å². The van der Waals surface area contributed by atoms with Crippen molar-refractivity contribution in [1.82, 2.24) is 5.32 Å². The maximum Gasteiger partial charge on any atom is 0.234 e. The Morgan fingerprint density at radius 1 is 1.47 bits per heavy atom. The number of hydrogen-bond acceptors (Lipinski definition) is 4. The number of carbonyl (C=O) groups excluding carboxylic acids is 1. The summed E-state index contributed by atoms with van der Waals surface area (Å²) in [6.07, 6.45) is 6.76. The van der Waals surface area contributed by atoms with Crippen LogP contribution in [0.2, 0.25) is 0 Å². The van der Waals surface area contributed by atoms with Crippen LogP contribution in [-0.4, -0.2) is 34.5 Å². The predicted octanol–water partition coefficient (Wildman–Crippen LogP) is 1.55. The number of amides is 1. The van der Waals surface area contributed by atoms with E-state index in [0.29, 0.717) is 24.0 Å². The lowest BCUT2D eigenvalue weighted by molar-refractivity contribution is -0.133. The number of carbonyl (C=O) groups is 1. The van der Waals surface area contributed by atoms with Gasteiger partial charge in [0, 0.05) is 11.3 Å². The van der Waals surface area contributed by atoms with E-state index in [-0.39, 0.29) is 17.8 Å². The second kappa shape index (κ2) is 5.61. The van der Waals surface area contributed by atoms with Crippen LogP contribution in [-0.2, 0) is 4.79 Å². The Kier molecular flexibility index (Phi) is 4.28. The molecular weight excluding hydrogens is 262 g/mol. The van der Waals surface area contributed by atoms with Gasteiger partial charge in [-0.1, -0.05) is 18.5 Å². The normalized spacial score (nSPS) is 38.8. The van der Waals surface area contributed by atoms with E-state index >= 15 is 0 Å². The molecule has 6 heteroatoms. The van der Waals surface area contributed by atoms with Crippen molar-refractivity contribution < 1.29 is 10.0 Å². The topological polar surface area (TPSA) is 87.7 Å². The highest BCUT2D eigenvalue weighted by atomic mass is 32.2. The van der Waals surface area contributed by atoms with Crippen LogP contribution in [0.3, 0.4) is 0 Å². The van der Waals surface area contributed by atoms with E-state index in [9.17, 15) is 4.79 Å². The highest BCUT2D eigenvalue weighted by Crippen LogP contribution is 2.46. The molecule has 2 unspecified atom stereocenters. The maximum atomic E-state index is 12.5. The van der Waals surface area contributed by atoms with Gasteiger partial charge in [-0.25, -0.2) is 0 Å². The third-order valence-electron chi connectivity index (χ3n) is 4.50. The van der Waals surface area contributed by atoms with Gasteiger partial charge in [-0.05, 0) is 37.9 Å². The molecule has 0 saturated heterocycles. The predicted molar refractivity (Wildman–Crippen MR) is 77.3 cm³/mol. The van der Waals surface area contributed by atoms with Gasteiger partial charge in [0.15, 0.2) is 5.84 Å². The van der Waals surface area contributed by atoms with Gasteiger partial charge in [0.05, 0.1) is 0 Å². The van der Waals surface area contributed by atoms with Crippen LogP contribution in [0.1, 0.15) is 39.0 Å². The van der Waals surface area contributed by atoms with E-state index in [1.54, 1.807) is 0 Å². The van der Waals surface area contributed by atoms with Gasteiger partial charge in [-0.15, -0.1) is 0 Å². The molecule has 0 bridgehead atoms. The van der Waals surface area contributed by atoms with Gasteiger partial charge in [-0.3, -0.25) is 4.79 Å². The number of oxime groups is 1. The summed E-state index contributed by atoms with van der Waals surface area (Å²) in [5.74, 6) is 0.444. The molecular formula is C13H23N3O2S. The largest absolute Gasteiger partial charge is 0.409 e. The number of thioether (sulfide) groups is 1. The molecule has 1 amide bonds. The number of rotatable bonds is 4. The third-order valence-corrected chi connectivity index (χ3v) is 5.67. The summed E-state index contributed by atoms with van der Waals surface area (Å²) in [5, 5.41) is 15.6. The zero-order valence-corrected chi connectivity index (χ0v) is 12.4. The van der Waals surface area contributed by atoms with Crippen molar-refractivity contribution in [3.8, 4) is 0 Å². The van der Waals surface area contributed by atoms with E-state index in [2.05, 4.69) is 23.7 Å². The van der Waals surface area contributed by atoms with Gasteiger partial charge in [0.25, 0.3) is 0 Å². The number of nitrogens with one attached hydrogen (secondary N) is 1. The van der Waals surface area contributed by atoms with Crippen molar-refractivity contribution in [3.63, 3.8) is 0 Å². The second-order valence-corrected chi connectivity index (χ2v) is 6.94. The zero-order valence-electron chi connectivity index (χ0n) is 11.6. The molecule has 2 atom stereocenters. The molecule has 5 nitrogen and oxygen atoms in total. The summed E-state index contributed by atoms with van der Waals surface area (Å²) >= 11 is 1.81. The average Bonchev–Trinajstić information content (AvgIpc) is 2.80. The number of nitrogens with zero attached hydrogens (tertiary/aromatic N) is 1. The Hall–Kier alpha value is -0.910. The van der Waals surface area contributed by atoms with Crippen LogP contribution < -0.4 is 11.1 Å². The molecule has 2 fully saturated rings. The molecule has 108 valence electrons. The van der Waals surface area contributed by atoms with Gasteiger partial charge in [-0.2, -0.15) is 11.8 Å². The van der Waals surface area contributed by atoms with E-state index in [0.717, 1.165) is 19.3 Å². The van der Waals surface area contributed by atoms with Crippen LogP contribution in [0.4, 0.5) is 0 Å². The summed E-state index contributed by atoms with van der Waals surface area (Å²) in [7, 11) is 0. The van der Waals surface area contributed by atoms with Gasteiger partial charge in [0.1, 0.15) is 5.41 Å². The highest BCUT2D eigenvalue weighted by Gasteiger charge is 2.52. The fraction of sp³-hybridized carbons (Fsp3) is 0.846. The highest BCUT2D eigenvalue weighted by molar-refractivity contribution is 7.99. The minimum absolute atomic E-state index is 0.0572. The molecule has 0 spiro atoms. The molecule has 0 radical (unpaired) electrons. The standard InChI is InChI=1S/C13H23N3O2S/c1-8-6-13(7-8,11(14)16-18)12(17)15-9-4-3-5-10(9)19-2/h8-10,18H,3-7H2,1-2H3,(H2,14,16)(H,15,17). The van der Waals surface area contributed by atoms with Crippen molar-refractivity contribution in [3.05, 3.63) is 0 Å². The Morgan fingerprint density at radius 3 is 2.68 bits per heavy atom. The molecule has 0 aromatic rings. The SMILES string of the molecule is CSC1CCCC1NC(=O)C1(C(N)=NO)CC(C)C1. The monoisotopic (exact) mass is 285 g/mol. The molecule has 0 aliphatic heterocycles. The lowest BCUT2D eigenvalue weighted by Crippen LogP contribution is -2.58. The van der Waals surface area contributed by atoms with Crippen LogP contribution >= 0.6 is 11.8 Å². The second-order valence-electron chi connectivity index (χ2n) is 5.87. The van der Waals surface area contributed by atoms with Gasteiger partial charge < -0.3 is 16.3 Å². The van der Waals surface area contributed by atoms with Crippen molar-refractivity contribution in [1.29, 1.82) is 0 Å². The summed E-state index contributed by atoms with van der Waals surface area (Å²) in [5.41, 5.74) is 4.97. The van der Waals surface area contributed by atoms with E-state index in [1.165, 1.54) is 0 Å². The minimum atomic E-state index is -0.778. The molecule has 2 aliphatic carbocycles. The first kappa shape index (κ1) is 14.5. The first-order chi connectivity index (χ1) is 9.03. The summed E-state index contributed by atoms with van der Waals surface area (Å²) in [6, 6.07) is 0.224. The lowest BCUT2D eigenvalue weighted by atomic mass is 9.61. The Balaban J connectivity index is 2.05. The Bertz CT molecular complexity index is 380. The molecule has 19 heavy (non-hydrogen) atoms. The molecule has 2 saturated carbocycles. The van der Waals surface area contributed by atoms with E-state index in [1.807, 2.05) is 11.8 Å². The van der Waals surface area contributed by atoms with Gasteiger partial charge in [0.2, 0.25) is 5.91 Å². The summed E-state index contributed by atoms with van der Waals surface area (Å²) in [6.45, 7) is 2.08. The number of hydrogen-bond donors (Lipinski definition) is 3. The molecule has 0 aromatic carbocycles. The van der Waals surface area contributed by atoms with Crippen LogP contribution in [0.15, 0.2) is 5.16 Å². The van der Waals surface area contributed by atoms with Crippen LogP contribution in [0.5, 0.6) is 0 Å². The Labute approximate surface area is 118 Å². The van der Waals surface area contributed by atoms with E-state index in [4.69, 9.17) is 10.9 Å². The molecule has 0 heterocycles. The first-order valence-electron chi connectivity index (χ1n) is 6.85. The maximum absolute atomic E-state index is 12.5. The minimum Gasteiger partial charge on any atom is -0.409 e. The fourth-order valence-corrected chi connectivity index (χ4v) is 4.35. The Morgan fingerprint density at radius 2 is 2.16 bits per heavy atom. The van der Waals surface area contributed by atoms with Crippen LogP contribution in [0, 0.1) is 11.3 Å². The summed E-state index contributed by atoms with van der Waals surface area (Å²) in [4.78, 5) is 12.5. The zero-order chi connectivity index (χ0) is 14.0. The number of amidine groups is 1. The fourth-order valence-electron chi connectivity index (χ4n) is 3.42. The smallest absolute Gasteiger partial charge is 0.234 e. The van der Waals surface area contributed by atoms with Crippen molar-refractivity contribution in [2.45, 2.75) is 50.3 Å². The molecule has 2 rings (SSSR count). The number of nitrogens with two attached hydrogens (primary N) is 1. The van der Waals surface area contributed by atoms with E-state index < -0.39 is 5.41 Å². The van der Waals surface area contributed by atoms with Crippen molar-refractivity contribution >= 4 is 23.5 Å². The lowest BCUT2D eigenvalue weighted by Gasteiger charge is -2.44. The molecule has 2 aliphatic rings. The summed E-state index contributed by atoms with van der Waals surface area (Å²) < 4.78 is 0. The van der Waals surface area contributed by atoms with Gasteiger partial charge >= 0.3 is 0 Å². The van der Waals surface area contributed by atoms with Crippen molar-refractivity contribution in [2.75, 3.05) is 6.26 Å². The first-order valence-corrected chi connectivity index (χ1v) is 8.14.